The molecule has 0 amide bonds. The van der Waals surface area contributed by atoms with Gasteiger partial charge >= 0.3 is 72.9 Å². The number of ether oxygens (including phenoxy) is 3. The fraction of sp³-hybridized carbons (Fsp3) is 1.00. The molecule has 0 aliphatic rings. The zero-order valence-corrected chi connectivity index (χ0v) is 16.8. The van der Waals surface area contributed by atoms with E-state index in [1.165, 1.54) is 4.74 Å². The minimum Gasteiger partial charge on any atom is -0.265 e. The van der Waals surface area contributed by atoms with Crippen molar-refractivity contribution < 1.29 is 124 Å². The molecule has 242 valence electrons. The Morgan fingerprint density at radius 3 is 0.825 bits per heavy atom. The lowest BCUT2D eigenvalue weighted by Crippen LogP contribution is -2.70. The third kappa shape index (κ3) is 6.15. The maximum absolute atomic E-state index is 13.9. The zero-order chi connectivity index (χ0) is 33.2. The molecule has 0 aromatic carbocycles. The molecule has 28 heteroatoms. The summed E-state index contributed by atoms with van der Waals surface area (Å²) in [6.07, 6.45) is -64.5. The van der Waals surface area contributed by atoms with E-state index < -0.39 is 72.9 Å². The van der Waals surface area contributed by atoms with Crippen molar-refractivity contribution in [3.05, 3.63) is 0 Å². The number of rotatable bonds is 10. The monoisotopic (exact) mass is 668 g/mol. The first-order valence-electron chi connectivity index (χ1n) is 8.05. The molecule has 0 fully saturated rings. The minimum absolute atomic E-state index is 0.947. The summed E-state index contributed by atoms with van der Waals surface area (Å²) in [5, 5.41) is 0. The molecule has 3 unspecified atom stereocenters. The van der Waals surface area contributed by atoms with Crippen LogP contribution in [0.25, 0.3) is 0 Å². The third-order valence-electron chi connectivity index (χ3n) is 3.68. The summed E-state index contributed by atoms with van der Waals surface area (Å²) < 4.78 is 323. The van der Waals surface area contributed by atoms with Crippen molar-refractivity contribution >= 4 is 0 Å². The van der Waals surface area contributed by atoms with E-state index in [1.54, 1.807) is 0 Å². The van der Waals surface area contributed by atoms with Crippen molar-refractivity contribution in [3.8, 4) is 0 Å². The number of alkyl halides is 25. The van der Waals surface area contributed by atoms with Crippen LogP contribution in [0.2, 0.25) is 0 Å². The van der Waals surface area contributed by atoms with Crippen molar-refractivity contribution in [2.45, 2.75) is 72.9 Å². The molecule has 0 saturated heterocycles. The highest BCUT2D eigenvalue weighted by molar-refractivity contribution is 4.97. The quantitative estimate of drug-likeness (QED) is 0.221. The van der Waals surface area contributed by atoms with E-state index in [2.05, 4.69) is 0 Å². The average Bonchev–Trinajstić information content (AvgIpc) is 2.62. The van der Waals surface area contributed by atoms with Crippen molar-refractivity contribution in [3.63, 3.8) is 0 Å². The predicted octanol–water partition coefficient (Wildman–Crippen LogP) is 7.96. The van der Waals surface area contributed by atoms with Crippen LogP contribution in [0.1, 0.15) is 0 Å². The van der Waals surface area contributed by atoms with Crippen LogP contribution in [0.15, 0.2) is 0 Å². The topological polar surface area (TPSA) is 27.7 Å². The zero-order valence-electron chi connectivity index (χ0n) is 16.8. The Kier molecular flexibility index (Phi) is 9.39. The van der Waals surface area contributed by atoms with E-state index in [0.29, 0.717) is 0 Å². The van der Waals surface area contributed by atoms with Gasteiger partial charge in [-0.25, -0.2) is 8.78 Å². The van der Waals surface area contributed by atoms with Crippen LogP contribution in [0, 0.1) is 0 Å². The van der Waals surface area contributed by atoms with Gasteiger partial charge in [0.25, 0.3) is 0 Å². The maximum atomic E-state index is 13.9. The Hall–Kier alpha value is -1.87. The van der Waals surface area contributed by atoms with Gasteiger partial charge in [0, 0.05) is 0 Å². The number of hydrogen-bond donors (Lipinski definition) is 0. The normalized spacial score (nSPS) is 20.2. The molecule has 0 N–H and O–H groups in total. The smallest absolute Gasteiger partial charge is 0.265 e. The van der Waals surface area contributed by atoms with Crippen molar-refractivity contribution in [2.75, 3.05) is 0 Å². The second-order valence-corrected chi connectivity index (χ2v) is 6.56. The van der Waals surface area contributed by atoms with Gasteiger partial charge in [-0.2, -0.15) is 101 Å². The molecular weight excluding hydrogens is 667 g/mol. The first-order chi connectivity index (χ1) is 16.8. The maximum Gasteiger partial charge on any atom is 0.462 e. The highest BCUT2D eigenvalue weighted by Crippen LogP contribution is 2.59. The van der Waals surface area contributed by atoms with Gasteiger partial charge in [-0.3, -0.25) is 14.2 Å². The van der Waals surface area contributed by atoms with E-state index in [0.717, 1.165) is 9.47 Å². The Balaban J connectivity index is 7.22. The van der Waals surface area contributed by atoms with Crippen LogP contribution in [0.5, 0.6) is 0 Å². The van der Waals surface area contributed by atoms with Crippen molar-refractivity contribution in [1.82, 2.24) is 0 Å². The molecule has 40 heavy (non-hydrogen) atoms. The summed E-state index contributed by atoms with van der Waals surface area (Å²) in [5.74, 6) is -33.3. The first kappa shape index (κ1) is 38.1. The van der Waals surface area contributed by atoms with Crippen molar-refractivity contribution in [1.29, 1.82) is 0 Å². The molecule has 0 radical (unpaired) electrons. The Morgan fingerprint density at radius 2 is 0.600 bits per heavy atom. The fourth-order valence-electron chi connectivity index (χ4n) is 1.69. The third-order valence-corrected chi connectivity index (χ3v) is 3.68. The lowest BCUT2D eigenvalue weighted by Gasteiger charge is -2.42. The SMILES string of the molecule is FC(F)C(F)(OC(F)(F)C(F)(OC(F)(F)C(F)(OC(F)(F)C(F)(F)C(F)(F)F)C(F)(F)F)C(F)(F)F)C(F)(F)F. The van der Waals surface area contributed by atoms with Gasteiger partial charge in [0.15, 0.2) is 0 Å². The number of halogens is 25. The number of hydrogen-bond acceptors (Lipinski definition) is 3. The highest BCUT2D eigenvalue weighted by atomic mass is 19.4. The Bertz CT molecular complexity index is 881. The standard InChI is InChI=1S/C12HF25O3/c13-1(14)2(15,6(20,21)22)38-11(34,35)4(18,8(26,27)28)40-12(36,37)5(19,9(29,30)31)39-10(32,33)3(16,17)7(23,24)25/h1H. The molecular formula is C12HF25O3. The van der Waals surface area contributed by atoms with E-state index >= 15 is 0 Å². The summed E-state index contributed by atoms with van der Waals surface area (Å²) in [7, 11) is 0. The Morgan fingerprint density at radius 1 is 0.325 bits per heavy atom. The fourth-order valence-corrected chi connectivity index (χ4v) is 1.69. The van der Waals surface area contributed by atoms with Gasteiger partial charge in [0.2, 0.25) is 0 Å². The highest BCUT2D eigenvalue weighted by Gasteiger charge is 2.88. The van der Waals surface area contributed by atoms with Crippen LogP contribution >= 0.6 is 0 Å². The second-order valence-electron chi connectivity index (χ2n) is 6.56. The van der Waals surface area contributed by atoms with Crippen LogP contribution in [0.4, 0.5) is 110 Å². The molecule has 0 spiro atoms. The minimum atomic E-state index is -8.81. The molecule has 3 nitrogen and oxygen atoms in total. The lowest BCUT2D eigenvalue weighted by molar-refractivity contribution is -0.581. The molecule has 0 bridgehead atoms. The van der Waals surface area contributed by atoms with Crippen LogP contribution in [-0.4, -0.2) is 72.9 Å². The van der Waals surface area contributed by atoms with E-state index in [-0.39, 0.29) is 0 Å². The summed E-state index contributed by atoms with van der Waals surface area (Å²) in [6, 6.07) is 0. The van der Waals surface area contributed by atoms with E-state index in [4.69, 9.17) is 0 Å². The molecule has 0 aliphatic carbocycles. The first-order valence-corrected chi connectivity index (χ1v) is 8.05. The molecule has 3 atom stereocenters. The van der Waals surface area contributed by atoms with Crippen molar-refractivity contribution in [2.24, 2.45) is 0 Å². The average molecular weight is 668 g/mol. The summed E-state index contributed by atoms with van der Waals surface area (Å²) in [6.45, 7) is 0. The predicted molar refractivity (Wildman–Crippen MR) is 64.8 cm³/mol. The van der Waals surface area contributed by atoms with Gasteiger partial charge in [0.05, 0.1) is 0 Å². The van der Waals surface area contributed by atoms with Gasteiger partial charge in [0.1, 0.15) is 0 Å². The van der Waals surface area contributed by atoms with Crippen LogP contribution in [0.3, 0.4) is 0 Å². The molecule has 0 saturated carbocycles. The summed E-state index contributed by atoms with van der Waals surface area (Å²) in [5.41, 5.74) is 0. The molecule has 0 heterocycles. The summed E-state index contributed by atoms with van der Waals surface area (Å²) in [4.78, 5) is 0. The molecule has 0 aromatic heterocycles. The van der Waals surface area contributed by atoms with Gasteiger partial charge in [-0.1, -0.05) is 0 Å². The lowest BCUT2D eigenvalue weighted by atomic mass is 10.2. The van der Waals surface area contributed by atoms with Gasteiger partial charge < -0.3 is 0 Å². The van der Waals surface area contributed by atoms with Crippen LogP contribution in [-0.2, 0) is 14.2 Å². The molecule has 0 rings (SSSR count). The van der Waals surface area contributed by atoms with Gasteiger partial charge in [-0.05, 0) is 0 Å². The molecule has 0 aliphatic heterocycles. The second kappa shape index (κ2) is 9.85. The van der Waals surface area contributed by atoms with E-state index in [9.17, 15) is 110 Å². The summed E-state index contributed by atoms with van der Waals surface area (Å²) >= 11 is 0. The van der Waals surface area contributed by atoms with E-state index in [1.807, 2.05) is 0 Å². The van der Waals surface area contributed by atoms with Gasteiger partial charge in [-0.15, -0.1) is 0 Å². The largest absolute Gasteiger partial charge is 0.462 e. The Labute approximate surface area is 198 Å². The molecule has 0 aromatic rings. The van der Waals surface area contributed by atoms with Crippen LogP contribution < -0.4 is 0 Å².